The van der Waals surface area contributed by atoms with E-state index in [1.165, 1.54) is 12.8 Å². The van der Waals surface area contributed by atoms with Gasteiger partial charge in [0.2, 0.25) is 0 Å². The Labute approximate surface area is 116 Å². The third-order valence-electron chi connectivity index (χ3n) is 4.75. The average molecular weight is 268 g/mol. The zero-order valence-electron chi connectivity index (χ0n) is 12.5. The van der Waals surface area contributed by atoms with Crippen LogP contribution in [0.25, 0.3) is 0 Å². The Bertz CT molecular complexity index is 339. The predicted molar refractivity (Wildman–Crippen MR) is 76.3 cm³/mol. The van der Waals surface area contributed by atoms with Gasteiger partial charge in [-0.1, -0.05) is 0 Å². The molecule has 0 amide bonds. The Kier molecular flexibility index (Phi) is 4.21. The SMILES string of the molecule is CC(CCCN1CCCC1(C)C)(NC1CC1)C(=O)O. The number of hydrogen-bond donors (Lipinski definition) is 2. The number of hydrogen-bond acceptors (Lipinski definition) is 3. The van der Waals surface area contributed by atoms with Gasteiger partial charge in [0.05, 0.1) is 0 Å². The summed E-state index contributed by atoms with van der Waals surface area (Å²) in [6.45, 7) is 8.59. The zero-order valence-corrected chi connectivity index (χ0v) is 12.5. The lowest BCUT2D eigenvalue weighted by molar-refractivity contribution is -0.144. The molecular formula is C15H28N2O2. The molecule has 1 atom stereocenters. The van der Waals surface area contributed by atoms with Crippen LogP contribution in [0.15, 0.2) is 0 Å². The Morgan fingerprint density at radius 3 is 2.63 bits per heavy atom. The standard InChI is InChI=1S/C15H28N2O2/c1-14(2)8-4-10-17(14)11-5-9-15(3,13(18)19)16-12-6-7-12/h12,16H,4-11H2,1-3H3,(H,18,19). The highest BCUT2D eigenvalue weighted by Gasteiger charge is 2.38. The van der Waals surface area contributed by atoms with Gasteiger partial charge in [-0.15, -0.1) is 0 Å². The zero-order chi connectivity index (χ0) is 14.1. The summed E-state index contributed by atoms with van der Waals surface area (Å²) in [5.41, 5.74) is -0.450. The van der Waals surface area contributed by atoms with E-state index in [-0.39, 0.29) is 0 Å². The summed E-state index contributed by atoms with van der Waals surface area (Å²) in [6, 6.07) is 0.435. The van der Waals surface area contributed by atoms with Crippen LogP contribution in [-0.4, -0.2) is 46.2 Å². The van der Waals surface area contributed by atoms with Crippen LogP contribution in [0.2, 0.25) is 0 Å². The molecule has 2 rings (SSSR count). The number of carboxylic acids is 1. The maximum Gasteiger partial charge on any atom is 0.323 e. The van der Waals surface area contributed by atoms with Crippen molar-refractivity contribution in [1.29, 1.82) is 0 Å². The molecule has 2 fully saturated rings. The van der Waals surface area contributed by atoms with Crippen molar-refractivity contribution in [2.75, 3.05) is 13.1 Å². The van der Waals surface area contributed by atoms with Crippen LogP contribution in [-0.2, 0) is 4.79 Å². The van der Waals surface area contributed by atoms with E-state index in [2.05, 4.69) is 24.1 Å². The molecule has 2 aliphatic rings. The second-order valence-corrected chi connectivity index (χ2v) is 7.06. The molecule has 0 radical (unpaired) electrons. The molecule has 0 aromatic rings. The molecule has 19 heavy (non-hydrogen) atoms. The second kappa shape index (κ2) is 5.41. The minimum absolute atomic E-state index is 0.295. The Hall–Kier alpha value is -0.610. The fourth-order valence-corrected chi connectivity index (χ4v) is 3.12. The van der Waals surface area contributed by atoms with Crippen LogP contribution in [0, 0.1) is 0 Å². The lowest BCUT2D eigenvalue weighted by atomic mass is 9.94. The highest BCUT2D eigenvalue weighted by atomic mass is 16.4. The molecule has 4 heteroatoms. The second-order valence-electron chi connectivity index (χ2n) is 7.06. The van der Waals surface area contributed by atoms with Crippen LogP contribution >= 0.6 is 0 Å². The molecule has 0 aromatic carbocycles. The number of nitrogens with zero attached hydrogens (tertiary/aromatic N) is 1. The maximum atomic E-state index is 11.5. The number of likely N-dealkylation sites (tertiary alicyclic amines) is 1. The first kappa shape index (κ1) is 14.8. The molecule has 110 valence electrons. The summed E-state index contributed by atoms with van der Waals surface area (Å²) in [6.07, 6.45) is 6.44. The van der Waals surface area contributed by atoms with Crippen LogP contribution in [0.1, 0.15) is 59.3 Å². The molecule has 1 aliphatic carbocycles. The maximum absolute atomic E-state index is 11.5. The van der Waals surface area contributed by atoms with E-state index < -0.39 is 11.5 Å². The minimum Gasteiger partial charge on any atom is -0.480 e. The van der Waals surface area contributed by atoms with E-state index in [1.807, 2.05) is 6.92 Å². The molecule has 0 spiro atoms. The molecule has 1 aliphatic heterocycles. The van der Waals surface area contributed by atoms with Gasteiger partial charge in [-0.05, 0) is 72.4 Å². The van der Waals surface area contributed by atoms with Crippen molar-refractivity contribution in [3.8, 4) is 0 Å². The molecule has 1 heterocycles. The number of rotatable bonds is 7. The van der Waals surface area contributed by atoms with E-state index in [0.29, 0.717) is 18.0 Å². The molecule has 0 bridgehead atoms. The van der Waals surface area contributed by atoms with E-state index in [1.54, 1.807) is 0 Å². The van der Waals surface area contributed by atoms with Gasteiger partial charge >= 0.3 is 5.97 Å². The fraction of sp³-hybridized carbons (Fsp3) is 0.933. The largest absolute Gasteiger partial charge is 0.480 e. The summed E-state index contributed by atoms with van der Waals surface area (Å²) >= 11 is 0. The molecule has 2 N–H and O–H groups in total. The first-order valence-corrected chi connectivity index (χ1v) is 7.60. The lowest BCUT2D eigenvalue weighted by Gasteiger charge is -2.33. The smallest absolute Gasteiger partial charge is 0.323 e. The molecule has 0 aromatic heterocycles. The van der Waals surface area contributed by atoms with E-state index in [0.717, 1.165) is 32.4 Å². The van der Waals surface area contributed by atoms with Gasteiger partial charge < -0.3 is 5.11 Å². The predicted octanol–water partition coefficient (Wildman–Crippen LogP) is 2.24. The van der Waals surface area contributed by atoms with Crippen molar-refractivity contribution in [2.24, 2.45) is 0 Å². The summed E-state index contributed by atoms with van der Waals surface area (Å²) < 4.78 is 0. The van der Waals surface area contributed by atoms with Crippen molar-refractivity contribution in [3.63, 3.8) is 0 Å². The van der Waals surface area contributed by atoms with Crippen LogP contribution < -0.4 is 5.32 Å². The minimum atomic E-state index is -0.745. The normalized spacial score (nSPS) is 26.3. The van der Waals surface area contributed by atoms with Gasteiger partial charge in [-0.2, -0.15) is 0 Å². The number of nitrogens with one attached hydrogen (secondary N) is 1. The fourth-order valence-electron chi connectivity index (χ4n) is 3.12. The summed E-state index contributed by atoms with van der Waals surface area (Å²) in [5, 5.41) is 12.7. The number of carbonyl (C=O) groups is 1. The number of aliphatic carboxylic acids is 1. The third kappa shape index (κ3) is 3.69. The van der Waals surface area contributed by atoms with Gasteiger partial charge in [0.1, 0.15) is 5.54 Å². The summed E-state index contributed by atoms with van der Waals surface area (Å²) in [4.78, 5) is 14.0. The van der Waals surface area contributed by atoms with Gasteiger partial charge in [-0.25, -0.2) is 0 Å². The number of carboxylic acid groups (broad SMARTS) is 1. The average Bonchev–Trinajstić information content (AvgIpc) is 3.04. The molecule has 1 saturated heterocycles. The van der Waals surface area contributed by atoms with Gasteiger partial charge in [-0.3, -0.25) is 15.0 Å². The molecule has 1 saturated carbocycles. The Balaban J connectivity index is 1.80. The quantitative estimate of drug-likeness (QED) is 0.743. The van der Waals surface area contributed by atoms with E-state index in [4.69, 9.17) is 0 Å². The molecule has 4 nitrogen and oxygen atoms in total. The lowest BCUT2D eigenvalue weighted by Crippen LogP contribution is -2.51. The van der Waals surface area contributed by atoms with Crippen LogP contribution in [0.4, 0.5) is 0 Å². The third-order valence-corrected chi connectivity index (χ3v) is 4.75. The van der Waals surface area contributed by atoms with E-state index >= 15 is 0 Å². The highest BCUT2D eigenvalue weighted by Crippen LogP contribution is 2.29. The molecule has 1 unspecified atom stereocenters. The van der Waals surface area contributed by atoms with Gasteiger partial charge in [0.15, 0.2) is 0 Å². The van der Waals surface area contributed by atoms with Crippen molar-refractivity contribution in [1.82, 2.24) is 10.2 Å². The first-order chi connectivity index (χ1) is 8.83. The van der Waals surface area contributed by atoms with Crippen molar-refractivity contribution in [3.05, 3.63) is 0 Å². The highest BCUT2D eigenvalue weighted by molar-refractivity contribution is 5.78. The Morgan fingerprint density at radius 1 is 1.47 bits per heavy atom. The Morgan fingerprint density at radius 2 is 2.16 bits per heavy atom. The van der Waals surface area contributed by atoms with Crippen molar-refractivity contribution >= 4 is 5.97 Å². The topological polar surface area (TPSA) is 52.6 Å². The van der Waals surface area contributed by atoms with Crippen LogP contribution in [0.3, 0.4) is 0 Å². The van der Waals surface area contributed by atoms with Crippen molar-refractivity contribution < 1.29 is 9.90 Å². The van der Waals surface area contributed by atoms with Crippen molar-refractivity contribution in [2.45, 2.75) is 76.4 Å². The van der Waals surface area contributed by atoms with E-state index in [9.17, 15) is 9.90 Å². The summed E-state index contributed by atoms with van der Waals surface area (Å²) in [5.74, 6) is -0.708. The monoisotopic (exact) mass is 268 g/mol. The van der Waals surface area contributed by atoms with Gasteiger partial charge in [0.25, 0.3) is 0 Å². The van der Waals surface area contributed by atoms with Crippen LogP contribution in [0.5, 0.6) is 0 Å². The molecular weight excluding hydrogens is 240 g/mol. The van der Waals surface area contributed by atoms with Gasteiger partial charge in [0, 0.05) is 11.6 Å². The summed E-state index contributed by atoms with van der Waals surface area (Å²) in [7, 11) is 0. The first-order valence-electron chi connectivity index (χ1n) is 7.60.